The monoisotopic (exact) mass is 337 g/mol. The lowest BCUT2D eigenvalue weighted by atomic mass is 9.92. The fourth-order valence-corrected chi connectivity index (χ4v) is 5.83. The van der Waals surface area contributed by atoms with E-state index >= 15 is 0 Å². The highest BCUT2D eigenvalue weighted by atomic mass is 35.5. The number of hydrogen-bond acceptors (Lipinski definition) is 4. The van der Waals surface area contributed by atoms with Crippen molar-refractivity contribution in [3.63, 3.8) is 0 Å². The third kappa shape index (κ3) is 3.00. The Kier molecular flexibility index (Phi) is 4.44. The van der Waals surface area contributed by atoms with Crippen molar-refractivity contribution in [2.24, 2.45) is 11.8 Å². The Balaban J connectivity index is 2.31. The first-order valence-corrected chi connectivity index (χ1v) is 8.84. The summed E-state index contributed by atoms with van der Waals surface area (Å²) in [6.45, 7) is 3.98. The van der Waals surface area contributed by atoms with Crippen molar-refractivity contribution in [2.75, 3.05) is 13.1 Å². The van der Waals surface area contributed by atoms with Crippen LogP contribution in [0.3, 0.4) is 0 Å². The highest BCUT2D eigenvalue weighted by molar-refractivity contribution is 7.91. The first-order chi connectivity index (χ1) is 9.21. The lowest BCUT2D eigenvalue weighted by Gasteiger charge is -2.33. The second-order valence-corrected chi connectivity index (χ2v) is 9.04. The zero-order chi connectivity index (χ0) is 15.1. The van der Waals surface area contributed by atoms with Gasteiger partial charge in [0.2, 0.25) is 0 Å². The number of sulfonamides is 1. The molecule has 1 N–H and O–H groups in total. The van der Waals surface area contributed by atoms with E-state index in [1.165, 1.54) is 10.4 Å². The van der Waals surface area contributed by atoms with Crippen LogP contribution in [0.25, 0.3) is 0 Å². The van der Waals surface area contributed by atoms with Crippen LogP contribution in [0.5, 0.6) is 0 Å². The van der Waals surface area contributed by atoms with Gasteiger partial charge in [-0.05, 0) is 30.9 Å². The quantitative estimate of drug-likeness (QED) is 0.919. The molecule has 2 atom stereocenters. The van der Waals surface area contributed by atoms with Gasteiger partial charge in [0.1, 0.15) is 4.21 Å². The first-order valence-electron chi connectivity index (χ1n) is 6.20. The summed E-state index contributed by atoms with van der Waals surface area (Å²) in [6, 6.07) is 1.54. The number of rotatable bonds is 3. The molecule has 0 aromatic carbocycles. The first kappa shape index (κ1) is 15.8. The van der Waals surface area contributed by atoms with Gasteiger partial charge in [0.05, 0.1) is 10.3 Å². The van der Waals surface area contributed by atoms with E-state index in [4.69, 9.17) is 16.7 Å². The van der Waals surface area contributed by atoms with E-state index in [-0.39, 0.29) is 16.7 Å². The summed E-state index contributed by atoms with van der Waals surface area (Å²) in [7, 11) is -3.66. The van der Waals surface area contributed by atoms with Crippen LogP contribution in [0.1, 0.15) is 18.9 Å². The second-order valence-electron chi connectivity index (χ2n) is 5.22. The third-order valence-corrected chi connectivity index (χ3v) is 7.24. The van der Waals surface area contributed by atoms with Crippen LogP contribution in [-0.4, -0.2) is 36.9 Å². The number of piperidine rings is 1. The molecule has 0 spiro atoms. The van der Waals surface area contributed by atoms with Gasteiger partial charge < -0.3 is 5.11 Å². The van der Waals surface area contributed by atoms with E-state index in [0.717, 1.165) is 16.9 Å². The molecule has 0 radical (unpaired) electrons. The molecule has 5 nitrogen and oxygen atoms in total. The van der Waals surface area contributed by atoms with Crippen LogP contribution in [0.15, 0.2) is 10.3 Å². The largest absolute Gasteiger partial charge is 0.481 e. The minimum Gasteiger partial charge on any atom is -0.481 e. The molecule has 20 heavy (non-hydrogen) atoms. The number of halogens is 1. The second kappa shape index (κ2) is 5.63. The van der Waals surface area contributed by atoms with E-state index in [2.05, 4.69) is 0 Å². The van der Waals surface area contributed by atoms with Crippen LogP contribution < -0.4 is 0 Å². The molecule has 1 aromatic heterocycles. The number of carbonyl (C=O) groups is 1. The molecule has 112 valence electrons. The number of carboxylic acids is 1. The molecule has 8 heteroatoms. The summed E-state index contributed by atoms with van der Waals surface area (Å²) in [6.07, 6.45) is 0.506. The summed E-state index contributed by atoms with van der Waals surface area (Å²) >= 11 is 6.94. The molecule has 1 fully saturated rings. The lowest BCUT2D eigenvalue weighted by molar-refractivity contribution is -0.143. The highest BCUT2D eigenvalue weighted by Gasteiger charge is 2.37. The summed E-state index contributed by atoms with van der Waals surface area (Å²) < 4.78 is 27.0. The zero-order valence-electron chi connectivity index (χ0n) is 11.2. The van der Waals surface area contributed by atoms with Crippen LogP contribution in [0.2, 0.25) is 4.34 Å². The van der Waals surface area contributed by atoms with Crippen molar-refractivity contribution in [1.29, 1.82) is 0 Å². The maximum absolute atomic E-state index is 12.6. The number of hydrogen-bond donors (Lipinski definition) is 1. The van der Waals surface area contributed by atoms with Crippen molar-refractivity contribution in [3.05, 3.63) is 16.0 Å². The average molecular weight is 338 g/mol. The van der Waals surface area contributed by atoms with Crippen molar-refractivity contribution in [3.8, 4) is 0 Å². The number of nitrogens with zero attached hydrogens (tertiary/aromatic N) is 1. The van der Waals surface area contributed by atoms with Crippen molar-refractivity contribution in [2.45, 2.75) is 24.5 Å². The number of carboxylic acid groups (broad SMARTS) is 1. The standard InChI is InChI=1S/C12H16ClNO4S2/c1-7-3-9(12(15)16)6-14(5-7)20(17,18)10-4-8(2)11(13)19-10/h4,7,9H,3,5-6H2,1-2H3,(H,15,16). The molecule has 2 rings (SSSR count). The molecule has 2 unspecified atom stereocenters. The Hall–Kier alpha value is -0.630. The van der Waals surface area contributed by atoms with Gasteiger partial charge in [-0.15, -0.1) is 11.3 Å². The Morgan fingerprint density at radius 2 is 2.15 bits per heavy atom. The minimum atomic E-state index is -3.66. The Bertz CT molecular complexity index is 606. The van der Waals surface area contributed by atoms with Gasteiger partial charge in [-0.2, -0.15) is 4.31 Å². The lowest BCUT2D eigenvalue weighted by Crippen LogP contribution is -2.45. The predicted octanol–water partition coefficient (Wildman–Crippen LogP) is 2.44. The molecule has 1 saturated heterocycles. The minimum absolute atomic E-state index is 0.0242. The van der Waals surface area contributed by atoms with Gasteiger partial charge in [-0.25, -0.2) is 8.42 Å². The Morgan fingerprint density at radius 1 is 1.50 bits per heavy atom. The van der Waals surface area contributed by atoms with Crippen LogP contribution in [0.4, 0.5) is 0 Å². The van der Waals surface area contributed by atoms with Crippen molar-refractivity contribution < 1.29 is 18.3 Å². The smallest absolute Gasteiger partial charge is 0.307 e. The topological polar surface area (TPSA) is 74.7 Å². The van der Waals surface area contributed by atoms with Gasteiger partial charge in [-0.3, -0.25) is 4.79 Å². The van der Waals surface area contributed by atoms with Gasteiger partial charge in [0.15, 0.2) is 0 Å². The summed E-state index contributed by atoms with van der Waals surface area (Å²) in [4.78, 5) is 11.1. The van der Waals surface area contributed by atoms with E-state index in [0.29, 0.717) is 17.3 Å². The third-order valence-electron chi connectivity index (χ3n) is 3.40. The van der Waals surface area contributed by atoms with E-state index < -0.39 is 21.9 Å². The van der Waals surface area contributed by atoms with E-state index in [1.54, 1.807) is 6.92 Å². The summed E-state index contributed by atoms with van der Waals surface area (Å²) in [5.41, 5.74) is 0.718. The maximum Gasteiger partial charge on any atom is 0.307 e. The maximum atomic E-state index is 12.6. The van der Waals surface area contributed by atoms with Crippen molar-refractivity contribution in [1.82, 2.24) is 4.31 Å². The summed E-state index contributed by atoms with van der Waals surface area (Å²) in [5.74, 6) is -1.57. The SMILES string of the molecule is Cc1cc(S(=O)(=O)N2CC(C)CC(C(=O)O)C2)sc1Cl. The fraction of sp³-hybridized carbons (Fsp3) is 0.583. The Morgan fingerprint density at radius 3 is 2.65 bits per heavy atom. The van der Waals surface area contributed by atoms with Crippen LogP contribution >= 0.6 is 22.9 Å². The van der Waals surface area contributed by atoms with Crippen LogP contribution in [-0.2, 0) is 14.8 Å². The van der Waals surface area contributed by atoms with Gasteiger partial charge in [0.25, 0.3) is 10.0 Å². The van der Waals surface area contributed by atoms with Gasteiger partial charge >= 0.3 is 5.97 Å². The molecule has 0 aliphatic carbocycles. The van der Waals surface area contributed by atoms with E-state index in [9.17, 15) is 13.2 Å². The molecular weight excluding hydrogens is 322 g/mol. The number of aryl methyl sites for hydroxylation is 1. The molecule has 0 amide bonds. The normalized spacial score (nSPS) is 24.8. The molecule has 1 aliphatic rings. The molecule has 1 aromatic rings. The molecule has 1 aliphatic heterocycles. The fourth-order valence-electron chi connectivity index (χ4n) is 2.36. The predicted molar refractivity (Wildman–Crippen MR) is 77.7 cm³/mol. The number of thiophene rings is 1. The van der Waals surface area contributed by atoms with Crippen molar-refractivity contribution >= 4 is 38.9 Å². The highest BCUT2D eigenvalue weighted by Crippen LogP contribution is 2.34. The molecule has 0 bridgehead atoms. The summed E-state index contributed by atoms with van der Waals surface area (Å²) in [5, 5.41) is 9.12. The molecule has 2 heterocycles. The van der Waals surface area contributed by atoms with Gasteiger partial charge in [0, 0.05) is 13.1 Å². The average Bonchev–Trinajstić information content (AvgIpc) is 2.69. The number of aliphatic carboxylic acids is 1. The van der Waals surface area contributed by atoms with Gasteiger partial charge in [-0.1, -0.05) is 18.5 Å². The molecular formula is C12H16ClNO4S2. The zero-order valence-corrected chi connectivity index (χ0v) is 13.6. The molecule has 0 saturated carbocycles. The van der Waals surface area contributed by atoms with E-state index in [1.807, 2.05) is 6.92 Å². The van der Waals surface area contributed by atoms with Crippen LogP contribution in [0, 0.1) is 18.8 Å². The Labute approximate surface area is 127 Å².